The van der Waals surface area contributed by atoms with Gasteiger partial charge in [-0.15, -0.1) is 0 Å². The van der Waals surface area contributed by atoms with Crippen LogP contribution in [0, 0.1) is 17.1 Å². The molecule has 0 heterocycles. The molecule has 0 radical (unpaired) electrons. The van der Waals surface area contributed by atoms with Crippen LogP contribution in [0.3, 0.4) is 0 Å². The molecule has 2 nitrogen and oxygen atoms in total. The van der Waals surface area contributed by atoms with Crippen LogP contribution in [0.1, 0.15) is 37.3 Å². The van der Waals surface area contributed by atoms with Crippen molar-refractivity contribution >= 4 is 11.8 Å². The summed E-state index contributed by atoms with van der Waals surface area (Å²) in [6.07, 6.45) is 3.61. The zero-order valence-corrected chi connectivity index (χ0v) is 12.0. The Morgan fingerprint density at radius 3 is 3.05 bits per heavy atom. The minimum atomic E-state index is -0.276. The molecule has 2 rings (SSSR count). The van der Waals surface area contributed by atoms with Gasteiger partial charge in [-0.25, -0.2) is 4.39 Å². The number of halogens is 1. The lowest BCUT2D eigenvalue weighted by molar-refractivity contribution is 0.522. The lowest BCUT2D eigenvalue weighted by atomic mass is 10.1. The standard InChI is InChI=1S/C15H19FN2S/c1-2-19-15-6-5-14(8-15)18-10-12-7-13(16)4-3-11(12)9-17/h3-4,7,14-15,18H,2,5-6,8,10H2,1H3. The molecule has 102 valence electrons. The highest BCUT2D eigenvalue weighted by Gasteiger charge is 2.24. The first-order valence-electron chi connectivity index (χ1n) is 6.76. The molecule has 1 aliphatic carbocycles. The quantitative estimate of drug-likeness (QED) is 0.896. The number of nitrogens with one attached hydrogen (secondary N) is 1. The Morgan fingerprint density at radius 1 is 1.47 bits per heavy atom. The zero-order valence-electron chi connectivity index (χ0n) is 11.2. The van der Waals surface area contributed by atoms with Crippen LogP contribution >= 0.6 is 11.8 Å². The van der Waals surface area contributed by atoms with E-state index in [0.717, 1.165) is 10.8 Å². The van der Waals surface area contributed by atoms with Gasteiger partial charge in [0.2, 0.25) is 0 Å². The van der Waals surface area contributed by atoms with Crippen LogP contribution in [-0.2, 0) is 6.54 Å². The van der Waals surface area contributed by atoms with E-state index in [-0.39, 0.29) is 5.82 Å². The molecule has 1 aromatic carbocycles. The van der Waals surface area contributed by atoms with E-state index in [4.69, 9.17) is 5.26 Å². The van der Waals surface area contributed by atoms with Gasteiger partial charge in [0, 0.05) is 17.8 Å². The molecule has 19 heavy (non-hydrogen) atoms. The van der Waals surface area contributed by atoms with Crippen molar-refractivity contribution in [1.29, 1.82) is 5.26 Å². The molecule has 1 saturated carbocycles. The number of hydrogen-bond acceptors (Lipinski definition) is 3. The largest absolute Gasteiger partial charge is 0.310 e. The van der Waals surface area contributed by atoms with Crippen molar-refractivity contribution in [1.82, 2.24) is 5.32 Å². The normalized spacial score (nSPS) is 22.4. The summed E-state index contributed by atoms with van der Waals surface area (Å²) < 4.78 is 13.2. The van der Waals surface area contributed by atoms with Crippen LogP contribution in [0.15, 0.2) is 18.2 Å². The summed E-state index contributed by atoms with van der Waals surface area (Å²) in [7, 11) is 0. The maximum Gasteiger partial charge on any atom is 0.123 e. The highest BCUT2D eigenvalue weighted by Crippen LogP contribution is 2.29. The zero-order chi connectivity index (χ0) is 13.7. The van der Waals surface area contributed by atoms with Gasteiger partial charge in [-0.05, 0) is 48.8 Å². The second-order valence-electron chi connectivity index (χ2n) is 4.88. The summed E-state index contributed by atoms with van der Waals surface area (Å²) in [5.41, 5.74) is 1.32. The SMILES string of the molecule is CCSC1CCC(NCc2cc(F)ccc2C#N)C1. The van der Waals surface area contributed by atoms with Crippen molar-refractivity contribution in [2.24, 2.45) is 0 Å². The maximum absolute atomic E-state index is 13.2. The smallest absolute Gasteiger partial charge is 0.123 e. The lowest BCUT2D eigenvalue weighted by Gasteiger charge is -2.13. The van der Waals surface area contributed by atoms with Gasteiger partial charge in [-0.1, -0.05) is 6.92 Å². The van der Waals surface area contributed by atoms with E-state index in [0.29, 0.717) is 18.2 Å². The Morgan fingerprint density at radius 2 is 2.32 bits per heavy atom. The predicted octanol–water partition coefficient (Wildman–Crippen LogP) is 3.46. The second kappa shape index (κ2) is 6.93. The number of nitriles is 1. The van der Waals surface area contributed by atoms with Gasteiger partial charge in [0.05, 0.1) is 11.6 Å². The molecule has 0 spiro atoms. The molecule has 2 unspecified atom stereocenters. The van der Waals surface area contributed by atoms with Gasteiger partial charge < -0.3 is 5.32 Å². The first kappa shape index (κ1) is 14.4. The van der Waals surface area contributed by atoms with Crippen molar-refractivity contribution in [2.45, 2.75) is 44.0 Å². The van der Waals surface area contributed by atoms with E-state index >= 15 is 0 Å². The molecule has 1 aromatic rings. The second-order valence-corrected chi connectivity index (χ2v) is 6.46. The van der Waals surface area contributed by atoms with Gasteiger partial charge in [0.25, 0.3) is 0 Å². The topological polar surface area (TPSA) is 35.8 Å². The number of thioether (sulfide) groups is 1. The molecule has 0 saturated heterocycles. The highest BCUT2D eigenvalue weighted by molar-refractivity contribution is 7.99. The van der Waals surface area contributed by atoms with Gasteiger partial charge >= 0.3 is 0 Å². The van der Waals surface area contributed by atoms with Crippen LogP contribution in [0.25, 0.3) is 0 Å². The van der Waals surface area contributed by atoms with Crippen molar-refractivity contribution in [2.75, 3.05) is 5.75 Å². The fourth-order valence-corrected chi connectivity index (χ4v) is 3.73. The Labute approximate surface area is 118 Å². The number of rotatable bonds is 5. The Hall–Kier alpha value is -1.05. The maximum atomic E-state index is 13.2. The fraction of sp³-hybridized carbons (Fsp3) is 0.533. The van der Waals surface area contributed by atoms with Crippen molar-refractivity contribution in [3.8, 4) is 6.07 Å². The monoisotopic (exact) mass is 278 g/mol. The Balaban J connectivity index is 1.89. The molecule has 1 fully saturated rings. The summed E-state index contributed by atoms with van der Waals surface area (Å²) in [6, 6.07) is 6.96. The fourth-order valence-electron chi connectivity index (χ4n) is 2.58. The van der Waals surface area contributed by atoms with E-state index in [9.17, 15) is 4.39 Å². The van der Waals surface area contributed by atoms with E-state index < -0.39 is 0 Å². The third kappa shape index (κ3) is 3.95. The predicted molar refractivity (Wildman–Crippen MR) is 77.5 cm³/mol. The van der Waals surface area contributed by atoms with Crippen molar-refractivity contribution < 1.29 is 4.39 Å². The first-order chi connectivity index (χ1) is 9.22. The van der Waals surface area contributed by atoms with Crippen LogP contribution in [0.5, 0.6) is 0 Å². The average molecular weight is 278 g/mol. The summed E-state index contributed by atoms with van der Waals surface area (Å²) in [6.45, 7) is 2.77. The molecular formula is C15H19FN2S. The van der Waals surface area contributed by atoms with E-state index in [1.54, 1.807) is 6.07 Å². The number of benzene rings is 1. The van der Waals surface area contributed by atoms with Crippen LogP contribution in [-0.4, -0.2) is 17.0 Å². The molecule has 0 aromatic heterocycles. The summed E-state index contributed by atoms with van der Waals surface area (Å²) >= 11 is 2.02. The van der Waals surface area contributed by atoms with E-state index in [1.165, 1.54) is 37.1 Å². The lowest BCUT2D eigenvalue weighted by Crippen LogP contribution is -2.26. The molecule has 1 N–H and O–H groups in total. The molecule has 0 aliphatic heterocycles. The molecule has 2 atom stereocenters. The Bertz CT molecular complexity index is 470. The third-order valence-corrected chi connectivity index (χ3v) is 4.79. The molecule has 0 bridgehead atoms. The molecule has 1 aliphatic rings. The number of nitrogens with zero attached hydrogens (tertiary/aromatic N) is 1. The molecular weight excluding hydrogens is 259 g/mol. The van der Waals surface area contributed by atoms with E-state index in [1.807, 2.05) is 11.8 Å². The average Bonchev–Trinajstić information content (AvgIpc) is 2.85. The van der Waals surface area contributed by atoms with Gasteiger partial charge in [-0.3, -0.25) is 0 Å². The van der Waals surface area contributed by atoms with Crippen LogP contribution in [0.4, 0.5) is 4.39 Å². The van der Waals surface area contributed by atoms with Gasteiger partial charge in [0.1, 0.15) is 5.82 Å². The summed E-state index contributed by atoms with van der Waals surface area (Å²) in [5.74, 6) is 0.890. The molecule has 4 heteroatoms. The van der Waals surface area contributed by atoms with Gasteiger partial charge in [-0.2, -0.15) is 17.0 Å². The van der Waals surface area contributed by atoms with Crippen molar-refractivity contribution in [3.63, 3.8) is 0 Å². The summed E-state index contributed by atoms with van der Waals surface area (Å²) in [5, 5.41) is 13.2. The first-order valence-corrected chi connectivity index (χ1v) is 7.81. The van der Waals surface area contributed by atoms with Gasteiger partial charge in [0.15, 0.2) is 0 Å². The van der Waals surface area contributed by atoms with Crippen LogP contribution < -0.4 is 5.32 Å². The third-order valence-electron chi connectivity index (χ3n) is 3.56. The van der Waals surface area contributed by atoms with Crippen LogP contribution in [0.2, 0.25) is 0 Å². The van der Waals surface area contributed by atoms with Crippen molar-refractivity contribution in [3.05, 3.63) is 35.1 Å². The number of hydrogen-bond donors (Lipinski definition) is 1. The minimum Gasteiger partial charge on any atom is -0.310 e. The Kier molecular flexibility index (Phi) is 5.24. The summed E-state index contributed by atoms with van der Waals surface area (Å²) in [4.78, 5) is 0. The minimum absolute atomic E-state index is 0.276. The highest BCUT2D eigenvalue weighted by atomic mass is 32.2. The van der Waals surface area contributed by atoms with E-state index in [2.05, 4.69) is 18.3 Å². The molecule has 0 amide bonds.